The third-order valence-corrected chi connectivity index (χ3v) is 2.97. The van der Waals surface area contributed by atoms with Gasteiger partial charge in [-0.3, -0.25) is 4.79 Å². The number of rotatable bonds is 10. The van der Waals surface area contributed by atoms with Crippen LogP contribution in [0.5, 0.6) is 5.75 Å². The fourth-order valence-corrected chi connectivity index (χ4v) is 2.08. The maximum atomic E-state index is 12.8. The molecule has 0 heterocycles. The van der Waals surface area contributed by atoms with Crippen LogP contribution in [0.25, 0.3) is 0 Å². The highest BCUT2D eigenvalue weighted by atomic mass is 16.7. The van der Waals surface area contributed by atoms with Crippen molar-refractivity contribution in [2.45, 2.75) is 33.5 Å². The van der Waals surface area contributed by atoms with Crippen molar-refractivity contribution in [2.24, 2.45) is 0 Å². The Hall–Kier alpha value is -1.92. The first-order valence-electron chi connectivity index (χ1n) is 7.78. The lowest BCUT2D eigenvalue weighted by molar-refractivity contribution is -0.222. The highest BCUT2D eigenvalue weighted by Gasteiger charge is 2.50. The van der Waals surface area contributed by atoms with Crippen LogP contribution in [-0.2, 0) is 19.0 Å². The zero-order valence-electron chi connectivity index (χ0n) is 14.1. The second-order valence-electron chi connectivity index (χ2n) is 4.49. The molecule has 6 nitrogen and oxygen atoms in total. The van der Waals surface area contributed by atoms with Gasteiger partial charge in [-0.05, 0) is 52.0 Å². The average molecular weight is 324 g/mol. The van der Waals surface area contributed by atoms with Gasteiger partial charge in [0.1, 0.15) is 5.75 Å². The molecule has 0 spiro atoms. The Labute approximate surface area is 136 Å². The van der Waals surface area contributed by atoms with E-state index in [-0.39, 0.29) is 25.4 Å². The van der Waals surface area contributed by atoms with Crippen molar-refractivity contribution in [3.05, 3.63) is 29.8 Å². The van der Waals surface area contributed by atoms with Crippen LogP contribution in [0.1, 0.15) is 38.1 Å². The summed E-state index contributed by atoms with van der Waals surface area (Å²) in [4.78, 5) is 25.2. The molecule has 0 amide bonds. The van der Waals surface area contributed by atoms with Gasteiger partial charge in [0.05, 0.1) is 13.2 Å². The summed E-state index contributed by atoms with van der Waals surface area (Å²) < 4.78 is 21.1. The lowest BCUT2D eigenvalue weighted by atomic mass is 10.0. The van der Waals surface area contributed by atoms with Crippen molar-refractivity contribution in [1.29, 1.82) is 0 Å². The molecule has 0 N–H and O–H groups in total. The minimum Gasteiger partial charge on any atom is -0.494 e. The largest absolute Gasteiger partial charge is 0.494 e. The van der Waals surface area contributed by atoms with Crippen LogP contribution in [0, 0.1) is 0 Å². The van der Waals surface area contributed by atoms with Gasteiger partial charge in [-0.15, -0.1) is 0 Å². The van der Waals surface area contributed by atoms with E-state index in [0.717, 1.165) is 0 Å². The van der Waals surface area contributed by atoms with Crippen LogP contribution in [0.4, 0.5) is 0 Å². The number of benzene rings is 1. The molecule has 0 aromatic heterocycles. The molecule has 1 aromatic carbocycles. The topological polar surface area (TPSA) is 71.1 Å². The lowest BCUT2D eigenvalue weighted by Crippen LogP contribution is -2.52. The number of hydrogen-bond donors (Lipinski definition) is 0. The summed E-state index contributed by atoms with van der Waals surface area (Å²) in [5, 5.41) is 0. The van der Waals surface area contributed by atoms with Gasteiger partial charge in [0.2, 0.25) is 5.78 Å². The molecule has 0 radical (unpaired) electrons. The van der Waals surface area contributed by atoms with Crippen LogP contribution in [0.2, 0.25) is 0 Å². The first-order chi connectivity index (χ1) is 11.1. The van der Waals surface area contributed by atoms with Crippen LogP contribution in [0.15, 0.2) is 24.3 Å². The third kappa shape index (κ3) is 4.53. The van der Waals surface area contributed by atoms with Crippen molar-refractivity contribution >= 4 is 11.8 Å². The van der Waals surface area contributed by atoms with Crippen LogP contribution in [-0.4, -0.2) is 44.0 Å². The first-order valence-corrected chi connectivity index (χ1v) is 7.78. The predicted octanol–water partition coefficient (Wildman–Crippen LogP) is 2.60. The second-order valence-corrected chi connectivity index (χ2v) is 4.49. The number of ketones is 1. The Bertz CT molecular complexity index is 502. The van der Waals surface area contributed by atoms with Crippen molar-refractivity contribution in [3.8, 4) is 5.75 Å². The summed E-state index contributed by atoms with van der Waals surface area (Å²) in [6.07, 6.45) is 0. The van der Waals surface area contributed by atoms with Crippen molar-refractivity contribution in [3.63, 3.8) is 0 Å². The molecule has 0 aliphatic carbocycles. The molecule has 0 unspecified atom stereocenters. The summed E-state index contributed by atoms with van der Waals surface area (Å²) in [5.41, 5.74) is 0.281. The van der Waals surface area contributed by atoms with E-state index in [1.807, 2.05) is 6.92 Å². The fourth-order valence-electron chi connectivity index (χ4n) is 2.08. The van der Waals surface area contributed by atoms with Gasteiger partial charge < -0.3 is 18.9 Å². The summed E-state index contributed by atoms with van der Waals surface area (Å²) in [7, 11) is 0. The van der Waals surface area contributed by atoms with Gasteiger partial charge in [0.15, 0.2) is 0 Å². The van der Waals surface area contributed by atoms with E-state index < -0.39 is 17.5 Å². The van der Waals surface area contributed by atoms with Crippen LogP contribution in [0.3, 0.4) is 0 Å². The quantitative estimate of drug-likeness (QED) is 0.285. The van der Waals surface area contributed by atoms with E-state index in [9.17, 15) is 9.59 Å². The molecule has 0 bridgehead atoms. The van der Waals surface area contributed by atoms with E-state index in [1.165, 1.54) is 0 Å². The molecule has 6 heteroatoms. The van der Waals surface area contributed by atoms with Gasteiger partial charge >= 0.3 is 11.8 Å². The predicted molar refractivity (Wildman–Crippen MR) is 84.6 cm³/mol. The zero-order chi connectivity index (χ0) is 17.3. The number of carbonyl (C=O) groups is 2. The van der Waals surface area contributed by atoms with Crippen LogP contribution >= 0.6 is 0 Å². The number of hydrogen-bond acceptors (Lipinski definition) is 6. The van der Waals surface area contributed by atoms with E-state index >= 15 is 0 Å². The second kappa shape index (κ2) is 9.27. The molecule has 0 atom stereocenters. The average Bonchev–Trinajstić information content (AvgIpc) is 2.55. The van der Waals surface area contributed by atoms with E-state index in [0.29, 0.717) is 12.4 Å². The van der Waals surface area contributed by atoms with Gasteiger partial charge in [-0.1, -0.05) is 0 Å². The summed E-state index contributed by atoms with van der Waals surface area (Å²) in [5.74, 6) is -2.88. The maximum absolute atomic E-state index is 12.8. The highest BCUT2D eigenvalue weighted by Crippen LogP contribution is 2.24. The number of Topliss-reactive ketones (excluding diaryl/α,β-unsaturated/α-hetero) is 1. The van der Waals surface area contributed by atoms with Crippen molar-refractivity contribution in [1.82, 2.24) is 0 Å². The van der Waals surface area contributed by atoms with Gasteiger partial charge in [0, 0.05) is 18.8 Å². The van der Waals surface area contributed by atoms with E-state index in [1.54, 1.807) is 45.0 Å². The smallest absolute Gasteiger partial charge is 0.375 e. The lowest BCUT2D eigenvalue weighted by Gasteiger charge is -2.29. The fraction of sp³-hybridized carbons (Fsp3) is 0.529. The van der Waals surface area contributed by atoms with Gasteiger partial charge in [-0.2, -0.15) is 0 Å². The number of carbonyl (C=O) groups excluding carboxylic acids is 2. The maximum Gasteiger partial charge on any atom is 0.375 e. The normalized spacial score (nSPS) is 11.1. The highest BCUT2D eigenvalue weighted by molar-refractivity contribution is 6.14. The molecule has 0 aliphatic heterocycles. The summed E-state index contributed by atoms with van der Waals surface area (Å²) in [6.45, 7) is 7.78. The standard InChI is InChI=1S/C17H24O6/c1-5-20-14-11-9-13(10-12-14)15(18)17(22-7-3,23-8-4)16(19)21-6-2/h9-12H,5-8H2,1-4H3. The first kappa shape index (κ1) is 19.1. The Morgan fingerprint density at radius 2 is 1.43 bits per heavy atom. The molecule has 0 saturated carbocycles. The Kier molecular flexibility index (Phi) is 7.71. The Balaban J connectivity index is 3.17. The van der Waals surface area contributed by atoms with Gasteiger partial charge in [0.25, 0.3) is 0 Å². The SMILES string of the molecule is CCOC(=O)C(OCC)(OCC)C(=O)c1ccc(OCC)cc1. The Morgan fingerprint density at radius 1 is 0.870 bits per heavy atom. The Morgan fingerprint density at radius 3 is 1.87 bits per heavy atom. The molecular weight excluding hydrogens is 300 g/mol. The van der Waals surface area contributed by atoms with Crippen molar-refractivity contribution < 1.29 is 28.5 Å². The van der Waals surface area contributed by atoms with Crippen LogP contribution < -0.4 is 4.74 Å². The minimum atomic E-state index is -2.08. The van der Waals surface area contributed by atoms with Crippen molar-refractivity contribution in [2.75, 3.05) is 26.4 Å². The molecule has 1 aromatic rings. The summed E-state index contributed by atoms with van der Waals surface area (Å²) in [6, 6.07) is 6.45. The third-order valence-electron chi connectivity index (χ3n) is 2.97. The number of esters is 1. The zero-order valence-corrected chi connectivity index (χ0v) is 14.1. The monoisotopic (exact) mass is 324 g/mol. The molecule has 1 rings (SSSR count). The van der Waals surface area contributed by atoms with E-state index in [2.05, 4.69) is 0 Å². The number of ether oxygens (including phenoxy) is 4. The van der Waals surface area contributed by atoms with Gasteiger partial charge in [-0.25, -0.2) is 4.79 Å². The minimum absolute atomic E-state index is 0.122. The molecule has 23 heavy (non-hydrogen) atoms. The molecule has 0 saturated heterocycles. The van der Waals surface area contributed by atoms with E-state index in [4.69, 9.17) is 18.9 Å². The molecule has 128 valence electrons. The molecular formula is C17H24O6. The molecule has 0 aliphatic rings. The molecule has 0 fully saturated rings. The summed E-state index contributed by atoms with van der Waals surface area (Å²) >= 11 is 0.